The summed E-state index contributed by atoms with van der Waals surface area (Å²) in [6.45, 7) is 0. The van der Waals surface area contributed by atoms with E-state index in [4.69, 9.17) is 14.5 Å². The Labute approximate surface area is 185 Å². The number of H-pyrrole nitrogens is 1. The smallest absolute Gasteiger partial charge is 0.177 e. The molecule has 3 atom stereocenters. The fraction of sp³-hybridized carbons (Fsp3) is 0.375. The molecule has 1 saturated carbocycles. The third-order valence-corrected chi connectivity index (χ3v) is 6.61. The van der Waals surface area contributed by atoms with Crippen molar-refractivity contribution in [3.8, 4) is 11.5 Å². The van der Waals surface area contributed by atoms with Gasteiger partial charge >= 0.3 is 0 Å². The van der Waals surface area contributed by atoms with Crippen molar-refractivity contribution in [2.45, 2.75) is 36.8 Å². The van der Waals surface area contributed by atoms with Gasteiger partial charge in [0.05, 0.1) is 37.0 Å². The lowest BCUT2D eigenvalue weighted by molar-refractivity contribution is -0.122. The first-order valence-electron chi connectivity index (χ1n) is 10.7. The minimum atomic E-state index is -0.907. The van der Waals surface area contributed by atoms with Crippen molar-refractivity contribution in [2.24, 2.45) is 4.99 Å². The number of imidazole rings is 1. The molecule has 2 N–H and O–H groups in total. The fourth-order valence-electron chi connectivity index (χ4n) is 5.16. The number of methoxy groups -OCH3 is 2. The normalized spacial score (nSPS) is 26.6. The predicted molar refractivity (Wildman–Crippen MR) is 122 cm³/mol. The largest absolute Gasteiger partial charge is 0.497 e. The number of aliphatic hydroxyl groups excluding tert-OH is 1. The lowest BCUT2D eigenvalue weighted by Gasteiger charge is -2.35. The molecule has 2 fully saturated rings. The summed E-state index contributed by atoms with van der Waals surface area (Å²) in [4.78, 5) is 28.6. The van der Waals surface area contributed by atoms with Crippen LogP contribution in [0.15, 0.2) is 47.5 Å². The van der Waals surface area contributed by atoms with E-state index in [9.17, 15) is 9.90 Å². The number of rotatable bonds is 4. The van der Waals surface area contributed by atoms with Gasteiger partial charge in [-0.3, -0.25) is 9.79 Å². The van der Waals surface area contributed by atoms with Gasteiger partial charge in [-0.1, -0.05) is 12.1 Å². The first kappa shape index (κ1) is 20.5. The Kier molecular flexibility index (Phi) is 4.89. The third kappa shape index (κ3) is 2.97. The number of aromatic nitrogens is 2. The Bertz CT molecular complexity index is 1160. The van der Waals surface area contributed by atoms with E-state index >= 15 is 0 Å². The van der Waals surface area contributed by atoms with Crippen molar-refractivity contribution in [1.29, 1.82) is 0 Å². The summed E-state index contributed by atoms with van der Waals surface area (Å²) in [5.74, 6) is 1.73. The number of nitrogens with zero attached hydrogens (tertiary/aromatic N) is 3. The van der Waals surface area contributed by atoms with Crippen LogP contribution in [-0.4, -0.2) is 59.6 Å². The van der Waals surface area contributed by atoms with Crippen LogP contribution in [0.25, 0.3) is 11.0 Å². The van der Waals surface area contributed by atoms with Crippen molar-refractivity contribution in [3.05, 3.63) is 48.3 Å². The van der Waals surface area contributed by atoms with Gasteiger partial charge in [-0.25, -0.2) is 4.98 Å². The van der Waals surface area contributed by atoms with Crippen molar-refractivity contribution in [1.82, 2.24) is 9.97 Å². The monoisotopic (exact) mass is 434 g/mol. The van der Waals surface area contributed by atoms with Crippen LogP contribution in [0.4, 0.5) is 5.69 Å². The number of hydrogen-bond acceptors (Lipinski definition) is 6. The molecule has 1 spiro atoms. The minimum absolute atomic E-state index is 0.00417. The molecule has 1 saturated heterocycles. The lowest BCUT2D eigenvalue weighted by atomic mass is 9.88. The topological polar surface area (TPSA) is 100 Å². The van der Waals surface area contributed by atoms with E-state index in [1.54, 1.807) is 27.3 Å². The fourth-order valence-corrected chi connectivity index (χ4v) is 5.16. The highest BCUT2D eigenvalue weighted by Crippen LogP contribution is 2.49. The quantitative estimate of drug-likeness (QED) is 0.655. The van der Waals surface area contributed by atoms with Gasteiger partial charge in [-0.15, -0.1) is 0 Å². The van der Waals surface area contributed by atoms with Gasteiger partial charge in [0.2, 0.25) is 0 Å². The van der Waals surface area contributed by atoms with Crippen molar-refractivity contribution < 1.29 is 19.4 Å². The molecule has 8 heteroatoms. The first-order chi connectivity index (χ1) is 15.5. The number of fused-ring (bicyclic) bond motifs is 1. The van der Waals surface area contributed by atoms with Crippen LogP contribution in [0, 0.1) is 0 Å². The van der Waals surface area contributed by atoms with Gasteiger partial charge in [0.15, 0.2) is 5.78 Å². The van der Waals surface area contributed by atoms with Crippen LogP contribution in [-0.2, 0) is 4.79 Å². The van der Waals surface area contributed by atoms with Gasteiger partial charge < -0.3 is 24.5 Å². The number of carbonyl (C=O) groups excluding carboxylic acids is 1. The van der Waals surface area contributed by atoms with Crippen LogP contribution in [0.3, 0.4) is 0 Å². The minimum Gasteiger partial charge on any atom is -0.497 e. The maximum atomic E-state index is 14.1. The van der Waals surface area contributed by atoms with Crippen LogP contribution >= 0.6 is 0 Å². The van der Waals surface area contributed by atoms with Crippen molar-refractivity contribution in [2.75, 3.05) is 26.2 Å². The SMILES string of the molecule is CN=C1C(c2nc3ccccc3[nH]2)C(=O)C2(CCC(O)C2)N1c1cc(OC)cc(OC)c1. The molecule has 32 heavy (non-hydrogen) atoms. The molecule has 1 aromatic heterocycles. The Morgan fingerprint density at radius 3 is 2.50 bits per heavy atom. The molecular formula is C24H26N4O4. The molecule has 0 radical (unpaired) electrons. The maximum Gasteiger partial charge on any atom is 0.177 e. The molecule has 8 nitrogen and oxygen atoms in total. The van der Waals surface area contributed by atoms with Gasteiger partial charge in [0.1, 0.15) is 34.6 Å². The number of benzene rings is 2. The third-order valence-electron chi connectivity index (χ3n) is 6.61. The van der Waals surface area contributed by atoms with Gasteiger partial charge in [0.25, 0.3) is 0 Å². The summed E-state index contributed by atoms with van der Waals surface area (Å²) in [5, 5.41) is 10.5. The van der Waals surface area contributed by atoms with E-state index in [0.29, 0.717) is 42.4 Å². The Morgan fingerprint density at radius 1 is 1.19 bits per heavy atom. The number of aliphatic hydroxyl groups is 1. The Balaban J connectivity index is 1.70. The molecule has 1 aliphatic carbocycles. The maximum absolute atomic E-state index is 14.1. The van der Waals surface area contributed by atoms with E-state index < -0.39 is 17.6 Å². The molecule has 3 aromatic rings. The zero-order valence-corrected chi connectivity index (χ0v) is 18.3. The van der Waals surface area contributed by atoms with Gasteiger partial charge in [-0.05, 0) is 25.0 Å². The summed E-state index contributed by atoms with van der Waals surface area (Å²) in [6.07, 6.45) is 0.859. The highest BCUT2D eigenvalue weighted by atomic mass is 16.5. The summed E-state index contributed by atoms with van der Waals surface area (Å²) in [7, 11) is 4.87. The van der Waals surface area contributed by atoms with E-state index in [2.05, 4.69) is 9.98 Å². The number of aromatic amines is 1. The molecule has 5 rings (SSSR count). The second-order valence-corrected chi connectivity index (χ2v) is 8.35. The predicted octanol–water partition coefficient (Wildman–Crippen LogP) is 3.06. The molecule has 1 aliphatic heterocycles. The van der Waals surface area contributed by atoms with Crippen LogP contribution in [0.2, 0.25) is 0 Å². The van der Waals surface area contributed by atoms with E-state index in [-0.39, 0.29) is 5.78 Å². The Hall–Kier alpha value is -3.39. The highest BCUT2D eigenvalue weighted by molar-refractivity contribution is 6.27. The summed E-state index contributed by atoms with van der Waals surface area (Å²) < 4.78 is 11.0. The average molecular weight is 434 g/mol. The number of carbonyl (C=O) groups is 1. The molecule has 2 aliphatic rings. The molecule has 166 valence electrons. The van der Waals surface area contributed by atoms with Crippen molar-refractivity contribution in [3.63, 3.8) is 0 Å². The molecule has 0 amide bonds. The van der Waals surface area contributed by atoms with Gasteiger partial charge in [-0.2, -0.15) is 0 Å². The molecule has 2 aromatic carbocycles. The zero-order valence-electron chi connectivity index (χ0n) is 18.3. The number of anilines is 1. The van der Waals surface area contributed by atoms with E-state index in [0.717, 1.165) is 16.7 Å². The number of Topliss-reactive ketones (excluding diaryl/α,β-unsaturated/α-hetero) is 1. The molecule has 3 unspecified atom stereocenters. The lowest BCUT2D eigenvalue weighted by Crippen LogP contribution is -2.48. The Morgan fingerprint density at radius 2 is 1.91 bits per heavy atom. The average Bonchev–Trinajstić information content (AvgIpc) is 3.47. The first-order valence-corrected chi connectivity index (χ1v) is 10.7. The van der Waals surface area contributed by atoms with Gasteiger partial charge in [0, 0.05) is 31.7 Å². The second kappa shape index (κ2) is 7.63. The van der Waals surface area contributed by atoms with E-state index in [1.165, 1.54) is 0 Å². The second-order valence-electron chi connectivity index (χ2n) is 8.35. The standard InChI is InChI=1S/C24H26N4O4/c1-25-23-20(22-26-18-6-4-5-7-19(18)27-22)21(30)24(9-8-15(29)13-24)28(23)14-10-16(31-2)12-17(11-14)32-3/h4-7,10-12,15,20,29H,8-9,13H2,1-3H3,(H,26,27). The zero-order chi connectivity index (χ0) is 22.5. The number of ether oxygens (including phenoxy) is 2. The number of aliphatic imine (C=N–C) groups is 1. The number of para-hydroxylation sites is 2. The highest BCUT2D eigenvalue weighted by Gasteiger charge is 2.61. The van der Waals surface area contributed by atoms with Crippen LogP contribution < -0.4 is 14.4 Å². The molecule has 0 bridgehead atoms. The summed E-state index contributed by atoms with van der Waals surface area (Å²) >= 11 is 0. The van der Waals surface area contributed by atoms with Crippen molar-refractivity contribution >= 4 is 28.3 Å². The number of amidine groups is 1. The number of hydrogen-bond donors (Lipinski definition) is 2. The number of nitrogens with one attached hydrogen (secondary N) is 1. The molecule has 2 heterocycles. The van der Waals surface area contributed by atoms with Crippen LogP contribution in [0.5, 0.6) is 11.5 Å². The van der Waals surface area contributed by atoms with Crippen LogP contribution in [0.1, 0.15) is 31.0 Å². The molecular weight excluding hydrogens is 408 g/mol. The summed E-state index contributed by atoms with van der Waals surface area (Å²) in [5.41, 5.74) is 1.50. The van der Waals surface area contributed by atoms with E-state index in [1.807, 2.05) is 41.3 Å². The summed E-state index contributed by atoms with van der Waals surface area (Å²) in [6, 6.07) is 13.2. The number of ketones is 1.